The van der Waals surface area contributed by atoms with Crippen LogP contribution >= 0.6 is 0 Å². The van der Waals surface area contributed by atoms with Crippen molar-refractivity contribution in [2.24, 2.45) is 5.14 Å². The summed E-state index contributed by atoms with van der Waals surface area (Å²) in [5.74, 6) is 0.575. The van der Waals surface area contributed by atoms with E-state index in [2.05, 4.69) is 5.32 Å². The molecule has 2 aromatic carbocycles. The number of hydrogen-bond acceptors (Lipinski definition) is 5. The van der Waals surface area contributed by atoms with E-state index < -0.39 is 10.0 Å². The van der Waals surface area contributed by atoms with Gasteiger partial charge in [0.05, 0.1) is 17.5 Å². The van der Waals surface area contributed by atoms with Crippen molar-refractivity contribution in [3.63, 3.8) is 0 Å². The number of benzene rings is 2. The van der Waals surface area contributed by atoms with Crippen LogP contribution in [0, 0.1) is 0 Å². The molecule has 146 valence electrons. The zero-order valence-electron chi connectivity index (χ0n) is 15.4. The second-order valence-electron chi connectivity index (χ2n) is 6.98. The van der Waals surface area contributed by atoms with Crippen LogP contribution in [0.5, 0.6) is 0 Å². The first-order chi connectivity index (χ1) is 13.3. The van der Waals surface area contributed by atoms with Crippen LogP contribution in [-0.4, -0.2) is 27.4 Å². The molecule has 1 aliphatic heterocycles. The van der Waals surface area contributed by atoms with Gasteiger partial charge in [-0.2, -0.15) is 0 Å². The summed E-state index contributed by atoms with van der Waals surface area (Å²) >= 11 is 0. The number of carbonyl (C=O) groups excluding carboxylic acids is 1. The largest absolute Gasteiger partial charge is 0.459 e. The van der Waals surface area contributed by atoms with Gasteiger partial charge in [-0.05, 0) is 49.2 Å². The minimum absolute atomic E-state index is 0.0936. The highest BCUT2D eigenvalue weighted by atomic mass is 32.2. The summed E-state index contributed by atoms with van der Waals surface area (Å²) in [6.07, 6.45) is 0.672. The van der Waals surface area contributed by atoms with Crippen molar-refractivity contribution in [2.75, 3.05) is 18.0 Å². The summed E-state index contributed by atoms with van der Waals surface area (Å²) in [6.45, 7) is 2.72. The summed E-state index contributed by atoms with van der Waals surface area (Å²) in [5, 5.41) is 9.15. The van der Waals surface area contributed by atoms with E-state index in [9.17, 15) is 13.2 Å². The van der Waals surface area contributed by atoms with Gasteiger partial charge >= 0.3 is 0 Å². The molecule has 2 heterocycles. The Kier molecular flexibility index (Phi) is 4.60. The Morgan fingerprint density at radius 2 is 2.04 bits per heavy atom. The number of fused-ring (bicyclic) bond motifs is 2. The van der Waals surface area contributed by atoms with Gasteiger partial charge in [0.25, 0.3) is 0 Å². The average Bonchev–Trinajstić information content (AvgIpc) is 3.24. The van der Waals surface area contributed by atoms with E-state index in [1.807, 2.05) is 42.2 Å². The highest BCUT2D eigenvalue weighted by Crippen LogP contribution is 2.30. The molecule has 4 rings (SSSR count). The molecule has 0 radical (unpaired) electrons. The first-order valence-electron chi connectivity index (χ1n) is 9.00. The molecule has 0 fully saturated rings. The van der Waals surface area contributed by atoms with Crippen LogP contribution in [0.4, 0.5) is 5.69 Å². The summed E-state index contributed by atoms with van der Waals surface area (Å²) in [6, 6.07) is 14.1. The predicted molar refractivity (Wildman–Crippen MR) is 107 cm³/mol. The highest BCUT2D eigenvalue weighted by Gasteiger charge is 2.24. The molecule has 1 amide bonds. The van der Waals surface area contributed by atoms with Crippen LogP contribution < -0.4 is 15.4 Å². The number of nitrogens with zero attached hydrogens (tertiary/aromatic N) is 1. The van der Waals surface area contributed by atoms with Gasteiger partial charge in [-0.3, -0.25) is 4.79 Å². The lowest BCUT2D eigenvalue weighted by Crippen LogP contribution is -2.37. The lowest BCUT2D eigenvalue weighted by molar-refractivity contribution is -0.120. The van der Waals surface area contributed by atoms with Crippen molar-refractivity contribution in [3.8, 4) is 0 Å². The highest BCUT2D eigenvalue weighted by molar-refractivity contribution is 7.89. The van der Waals surface area contributed by atoms with Crippen molar-refractivity contribution >= 4 is 32.6 Å². The molecule has 0 saturated heterocycles. The predicted octanol–water partition coefficient (Wildman–Crippen LogP) is 2.32. The molecule has 0 saturated carbocycles. The Morgan fingerprint density at radius 1 is 1.25 bits per heavy atom. The number of amides is 1. The van der Waals surface area contributed by atoms with Gasteiger partial charge in [-0.1, -0.05) is 18.2 Å². The van der Waals surface area contributed by atoms with Crippen LogP contribution in [0.1, 0.15) is 24.3 Å². The topological polar surface area (TPSA) is 106 Å². The SMILES string of the molecule is C[C@@H](NC(=O)CN1CCc2cc(S(N)(=O)=O)ccc21)c1cc2ccccc2o1. The fourth-order valence-corrected chi connectivity index (χ4v) is 4.10. The quantitative estimate of drug-likeness (QED) is 0.685. The number of para-hydroxylation sites is 1. The van der Waals surface area contributed by atoms with E-state index in [0.717, 1.165) is 22.2 Å². The van der Waals surface area contributed by atoms with Gasteiger partial charge < -0.3 is 14.6 Å². The third-order valence-electron chi connectivity index (χ3n) is 4.95. The minimum Gasteiger partial charge on any atom is -0.459 e. The van der Waals surface area contributed by atoms with Gasteiger partial charge in [0.15, 0.2) is 0 Å². The molecule has 1 aliphatic rings. The zero-order valence-corrected chi connectivity index (χ0v) is 16.2. The van der Waals surface area contributed by atoms with Crippen LogP contribution in [0.3, 0.4) is 0 Å². The molecule has 1 atom stereocenters. The number of nitrogens with two attached hydrogens (primary N) is 1. The molecular formula is C20H21N3O4S. The Morgan fingerprint density at radius 3 is 2.79 bits per heavy atom. The van der Waals surface area contributed by atoms with E-state index in [-0.39, 0.29) is 23.4 Å². The lowest BCUT2D eigenvalue weighted by atomic mass is 10.2. The summed E-state index contributed by atoms with van der Waals surface area (Å²) in [4.78, 5) is 14.6. The van der Waals surface area contributed by atoms with Crippen molar-refractivity contribution in [1.29, 1.82) is 0 Å². The Hall–Kier alpha value is -2.84. The Balaban J connectivity index is 1.43. The molecule has 0 aliphatic carbocycles. The monoisotopic (exact) mass is 399 g/mol. The molecule has 1 aromatic heterocycles. The number of furan rings is 1. The zero-order chi connectivity index (χ0) is 19.9. The normalized spacial score (nSPS) is 14.9. The molecule has 8 heteroatoms. The molecule has 0 unspecified atom stereocenters. The second kappa shape index (κ2) is 6.96. The molecule has 3 N–H and O–H groups in total. The maximum Gasteiger partial charge on any atom is 0.240 e. The second-order valence-corrected chi connectivity index (χ2v) is 8.54. The van der Waals surface area contributed by atoms with Crippen LogP contribution in [0.25, 0.3) is 11.0 Å². The van der Waals surface area contributed by atoms with Crippen molar-refractivity contribution in [1.82, 2.24) is 5.32 Å². The summed E-state index contributed by atoms with van der Waals surface area (Å²) in [7, 11) is -3.73. The van der Waals surface area contributed by atoms with Gasteiger partial charge in [-0.25, -0.2) is 13.6 Å². The van der Waals surface area contributed by atoms with E-state index in [1.54, 1.807) is 12.1 Å². The van der Waals surface area contributed by atoms with Gasteiger partial charge in [0, 0.05) is 17.6 Å². The van der Waals surface area contributed by atoms with Gasteiger partial charge in [-0.15, -0.1) is 0 Å². The maximum atomic E-state index is 12.5. The number of carbonyl (C=O) groups is 1. The number of primary sulfonamides is 1. The van der Waals surface area contributed by atoms with Crippen molar-refractivity contribution in [2.45, 2.75) is 24.3 Å². The van der Waals surface area contributed by atoms with Crippen molar-refractivity contribution in [3.05, 3.63) is 59.9 Å². The standard InChI is InChI=1S/C20H21N3O4S/c1-13(19-11-15-4-2-3-5-18(15)27-19)22-20(24)12-23-9-8-14-10-16(28(21,25)26)6-7-17(14)23/h2-7,10-11,13H,8-9,12H2,1H3,(H,22,24)(H2,21,25,26)/t13-/m1/s1. The number of nitrogens with one attached hydrogen (secondary N) is 1. The number of sulfonamides is 1. The summed E-state index contributed by atoms with van der Waals surface area (Å²) < 4.78 is 28.8. The van der Waals surface area contributed by atoms with E-state index >= 15 is 0 Å². The summed E-state index contributed by atoms with van der Waals surface area (Å²) in [5.41, 5.74) is 2.53. The third kappa shape index (κ3) is 3.61. The number of rotatable bonds is 5. The molecule has 7 nitrogen and oxygen atoms in total. The minimum atomic E-state index is -3.73. The van der Waals surface area contributed by atoms with Crippen LogP contribution in [0.2, 0.25) is 0 Å². The molecule has 0 spiro atoms. The molecule has 0 bridgehead atoms. The van der Waals surface area contributed by atoms with Gasteiger partial charge in [0.1, 0.15) is 11.3 Å². The Bertz CT molecular complexity index is 1120. The average molecular weight is 399 g/mol. The Labute approximate surface area is 163 Å². The van der Waals surface area contributed by atoms with Crippen LogP contribution in [0.15, 0.2) is 57.8 Å². The molecule has 28 heavy (non-hydrogen) atoms. The number of anilines is 1. The third-order valence-corrected chi connectivity index (χ3v) is 5.87. The first kappa shape index (κ1) is 18.5. The van der Waals surface area contributed by atoms with E-state index in [1.165, 1.54) is 6.07 Å². The maximum absolute atomic E-state index is 12.5. The van der Waals surface area contributed by atoms with E-state index in [0.29, 0.717) is 18.7 Å². The first-order valence-corrected chi connectivity index (χ1v) is 10.5. The molecular weight excluding hydrogens is 378 g/mol. The lowest BCUT2D eigenvalue weighted by Gasteiger charge is -2.20. The van der Waals surface area contributed by atoms with Crippen LogP contribution in [-0.2, 0) is 21.2 Å². The number of hydrogen-bond donors (Lipinski definition) is 2. The smallest absolute Gasteiger partial charge is 0.240 e. The van der Waals surface area contributed by atoms with Crippen molar-refractivity contribution < 1.29 is 17.6 Å². The molecule has 3 aromatic rings. The van der Waals surface area contributed by atoms with E-state index in [4.69, 9.17) is 9.56 Å². The fraction of sp³-hybridized carbons (Fsp3) is 0.250. The fourth-order valence-electron chi connectivity index (χ4n) is 3.54. The van der Waals surface area contributed by atoms with Gasteiger partial charge in [0.2, 0.25) is 15.9 Å².